The fraction of sp³-hybridized carbons (Fsp3) is 0.0833. The fourth-order valence-electron chi connectivity index (χ4n) is 1.58. The van der Waals surface area contributed by atoms with Crippen molar-refractivity contribution in [1.82, 2.24) is 9.78 Å². The predicted molar refractivity (Wildman–Crippen MR) is 74.9 cm³/mol. The number of nitrogens with one attached hydrogen (secondary N) is 1. The summed E-state index contributed by atoms with van der Waals surface area (Å²) in [6, 6.07) is 7.42. The molecular formula is C12H8ClN5O2S. The average Bonchev–Trinajstić information content (AvgIpc) is 2.79. The van der Waals surface area contributed by atoms with Crippen molar-refractivity contribution in [2.75, 3.05) is 4.72 Å². The van der Waals surface area contributed by atoms with Crippen LogP contribution in [0, 0.1) is 22.7 Å². The number of nitriles is 2. The van der Waals surface area contributed by atoms with Gasteiger partial charge in [-0.15, -0.1) is 0 Å². The minimum atomic E-state index is -3.94. The Morgan fingerprint density at radius 3 is 2.52 bits per heavy atom. The second kappa shape index (κ2) is 5.44. The molecule has 1 aromatic heterocycles. The average molecular weight is 322 g/mol. The van der Waals surface area contributed by atoms with Gasteiger partial charge in [-0.1, -0.05) is 11.6 Å². The lowest BCUT2D eigenvalue weighted by atomic mass is 10.2. The number of hydrogen-bond donors (Lipinski definition) is 1. The van der Waals surface area contributed by atoms with Gasteiger partial charge in [-0.2, -0.15) is 15.6 Å². The Morgan fingerprint density at radius 1 is 1.29 bits per heavy atom. The van der Waals surface area contributed by atoms with Crippen molar-refractivity contribution < 1.29 is 8.42 Å². The first-order valence-corrected chi connectivity index (χ1v) is 7.39. The lowest BCUT2D eigenvalue weighted by Gasteiger charge is -2.09. The molecule has 0 fully saturated rings. The molecule has 0 saturated heterocycles. The minimum absolute atomic E-state index is 0.0332. The van der Waals surface area contributed by atoms with E-state index < -0.39 is 10.0 Å². The van der Waals surface area contributed by atoms with Crippen molar-refractivity contribution in [2.24, 2.45) is 7.05 Å². The summed E-state index contributed by atoms with van der Waals surface area (Å²) in [5, 5.41) is 21.5. The summed E-state index contributed by atoms with van der Waals surface area (Å²) in [6.45, 7) is 0. The van der Waals surface area contributed by atoms with Crippen molar-refractivity contribution in [3.63, 3.8) is 0 Å². The number of anilines is 1. The van der Waals surface area contributed by atoms with Crippen LogP contribution in [0.3, 0.4) is 0 Å². The van der Waals surface area contributed by atoms with Gasteiger partial charge in [0.25, 0.3) is 10.0 Å². The zero-order valence-corrected chi connectivity index (χ0v) is 12.3. The van der Waals surface area contributed by atoms with Gasteiger partial charge in [-0.25, -0.2) is 8.42 Å². The summed E-state index contributed by atoms with van der Waals surface area (Å²) in [4.78, 5) is -0.114. The van der Waals surface area contributed by atoms with Gasteiger partial charge in [0.05, 0.1) is 21.7 Å². The molecule has 2 rings (SSSR count). The van der Waals surface area contributed by atoms with Crippen LogP contribution in [0.25, 0.3) is 0 Å². The van der Waals surface area contributed by atoms with Crippen LogP contribution in [-0.4, -0.2) is 18.2 Å². The summed E-state index contributed by atoms with van der Waals surface area (Å²) < 4.78 is 28.1. The largest absolute Gasteiger partial charge is 0.263 e. The Labute approximate surface area is 126 Å². The quantitative estimate of drug-likeness (QED) is 0.923. The van der Waals surface area contributed by atoms with Gasteiger partial charge in [0.1, 0.15) is 17.7 Å². The van der Waals surface area contributed by atoms with Crippen LogP contribution in [0.1, 0.15) is 11.1 Å². The van der Waals surface area contributed by atoms with Crippen LogP contribution in [0.2, 0.25) is 5.02 Å². The summed E-state index contributed by atoms with van der Waals surface area (Å²) in [5.41, 5.74) is 0.273. The van der Waals surface area contributed by atoms with Crippen molar-refractivity contribution >= 4 is 27.4 Å². The molecule has 0 bridgehead atoms. The van der Waals surface area contributed by atoms with Crippen LogP contribution >= 0.6 is 11.6 Å². The predicted octanol–water partition coefficient (Wildman–Crippen LogP) is 1.62. The molecule has 1 N–H and O–H groups in total. The maximum absolute atomic E-state index is 12.3. The Kier molecular flexibility index (Phi) is 3.85. The van der Waals surface area contributed by atoms with E-state index in [1.807, 2.05) is 12.1 Å². The summed E-state index contributed by atoms with van der Waals surface area (Å²) in [6.07, 6.45) is 1.25. The highest BCUT2D eigenvalue weighted by molar-refractivity contribution is 7.92. The molecule has 0 amide bonds. The van der Waals surface area contributed by atoms with Crippen molar-refractivity contribution in [3.05, 3.63) is 40.5 Å². The number of sulfonamides is 1. The van der Waals surface area contributed by atoms with E-state index in [2.05, 4.69) is 9.82 Å². The smallest absolute Gasteiger partial charge is 0.262 e. The normalized spacial score (nSPS) is 10.7. The third kappa shape index (κ3) is 2.82. The zero-order chi connectivity index (χ0) is 15.6. The van der Waals surface area contributed by atoms with E-state index in [1.54, 1.807) is 0 Å². The number of halogens is 1. The third-order valence-electron chi connectivity index (χ3n) is 2.66. The SMILES string of the molecule is Cn1ncc(C#N)c1NS(=O)(=O)c1ccc(C#N)c(Cl)c1. The standard InChI is InChI=1S/C12H8ClN5O2S/c1-18-12(9(6-15)7-16-18)17-21(19,20)10-3-2-8(5-14)11(13)4-10/h2-4,7,17H,1H3. The number of rotatable bonds is 3. The van der Waals surface area contributed by atoms with Crippen LogP contribution in [0.15, 0.2) is 29.3 Å². The Hall–Kier alpha value is -2.55. The first-order chi connectivity index (χ1) is 9.89. The van der Waals surface area contributed by atoms with Gasteiger partial charge in [0, 0.05) is 7.05 Å². The molecule has 0 radical (unpaired) electrons. The van der Waals surface area contributed by atoms with Crippen LogP contribution in [0.4, 0.5) is 5.82 Å². The highest BCUT2D eigenvalue weighted by atomic mass is 35.5. The van der Waals surface area contributed by atoms with Gasteiger partial charge in [-0.3, -0.25) is 9.40 Å². The molecular weight excluding hydrogens is 314 g/mol. The number of aromatic nitrogens is 2. The molecule has 0 saturated carbocycles. The van der Waals surface area contributed by atoms with E-state index >= 15 is 0 Å². The first-order valence-electron chi connectivity index (χ1n) is 5.53. The Balaban J connectivity index is 2.44. The molecule has 9 heteroatoms. The Morgan fingerprint density at radius 2 is 1.95 bits per heavy atom. The second-order valence-corrected chi connectivity index (χ2v) is 6.09. The first kappa shape index (κ1) is 14.9. The van der Waals surface area contributed by atoms with Crippen LogP contribution in [0.5, 0.6) is 0 Å². The topological polar surface area (TPSA) is 112 Å². The summed E-state index contributed by atoms with van der Waals surface area (Å²) in [7, 11) is -2.44. The number of nitrogens with zero attached hydrogens (tertiary/aromatic N) is 4. The van der Waals surface area contributed by atoms with Crippen molar-refractivity contribution in [3.8, 4) is 12.1 Å². The van der Waals surface area contributed by atoms with Crippen molar-refractivity contribution in [2.45, 2.75) is 4.90 Å². The molecule has 0 atom stereocenters. The van der Waals surface area contributed by atoms with E-state index in [9.17, 15) is 8.42 Å². The third-order valence-corrected chi connectivity index (χ3v) is 4.31. The van der Waals surface area contributed by atoms with E-state index in [1.165, 1.54) is 36.1 Å². The molecule has 0 aliphatic heterocycles. The molecule has 1 aromatic carbocycles. The fourth-order valence-corrected chi connectivity index (χ4v) is 3.00. The van der Waals surface area contributed by atoms with E-state index in [-0.39, 0.29) is 26.9 Å². The molecule has 7 nitrogen and oxygen atoms in total. The van der Waals surface area contributed by atoms with Gasteiger partial charge in [-0.05, 0) is 18.2 Å². The van der Waals surface area contributed by atoms with Crippen LogP contribution in [-0.2, 0) is 17.1 Å². The Bertz CT molecular complexity index is 889. The molecule has 0 aliphatic rings. The number of aryl methyl sites for hydroxylation is 1. The zero-order valence-electron chi connectivity index (χ0n) is 10.7. The molecule has 0 spiro atoms. The molecule has 21 heavy (non-hydrogen) atoms. The van der Waals surface area contributed by atoms with E-state index in [4.69, 9.17) is 22.1 Å². The molecule has 0 aliphatic carbocycles. The van der Waals surface area contributed by atoms with E-state index in [0.717, 1.165) is 0 Å². The summed E-state index contributed by atoms with van der Waals surface area (Å²) >= 11 is 5.82. The number of hydrogen-bond acceptors (Lipinski definition) is 5. The highest BCUT2D eigenvalue weighted by Crippen LogP contribution is 2.23. The van der Waals surface area contributed by atoms with Gasteiger partial charge < -0.3 is 0 Å². The van der Waals surface area contributed by atoms with E-state index in [0.29, 0.717) is 0 Å². The molecule has 0 unspecified atom stereocenters. The lowest BCUT2D eigenvalue weighted by Crippen LogP contribution is -2.16. The van der Waals surface area contributed by atoms with Gasteiger partial charge in [0.15, 0.2) is 5.82 Å². The second-order valence-electron chi connectivity index (χ2n) is 4.00. The minimum Gasteiger partial charge on any atom is -0.262 e. The monoisotopic (exact) mass is 321 g/mol. The maximum atomic E-state index is 12.3. The highest BCUT2D eigenvalue weighted by Gasteiger charge is 2.20. The van der Waals surface area contributed by atoms with Crippen molar-refractivity contribution in [1.29, 1.82) is 10.5 Å². The lowest BCUT2D eigenvalue weighted by molar-refractivity contribution is 0.600. The maximum Gasteiger partial charge on any atom is 0.263 e. The van der Waals surface area contributed by atoms with Gasteiger partial charge >= 0.3 is 0 Å². The number of benzene rings is 1. The molecule has 1 heterocycles. The van der Waals surface area contributed by atoms with Gasteiger partial charge in [0.2, 0.25) is 0 Å². The summed E-state index contributed by atoms with van der Waals surface area (Å²) in [5.74, 6) is 0.0537. The molecule has 106 valence electrons. The molecule has 2 aromatic rings. The van der Waals surface area contributed by atoms with Crippen LogP contribution < -0.4 is 4.72 Å².